The maximum absolute atomic E-state index is 12.1. The summed E-state index contributed by atoms with van der Waals surface area (Å²) in [7, 11) is -3.85. The molecule has 9 heteroatoms. The molecule has 0 heterocycles. The van der Waals surface area contributed by atoms with Gasteiger partial charge in [0, 0.05) is 18.3 Å². The first-order chi connectivity index (χ1) is 10.7. The van der Waals surface area contributed by atoms with Crippen molar-refractivity contribution in [3.8, 4) is 0 Å². The van der Waals surface area contributed by atoms with Gasteiger partial charge in [0.2, 0.25) is 5.91 Å². The molecule has 0 unspecified atom stereocenters. The van der Waals surface area contributed by atoms with Gasteiger partial charge in [-0.15, -0.1) is 0 Å². The Morgan fingerprint density at radius 2 is 1.78 bits per heavy atom. The number of nitrogens with one attached hydrogen (secondary N) is 2. The highest BCUT2D eigenvalue weighted by molar-refractivity contribution is 7.89. The van der Waals surface area contributed by atoms with E-state index in [2.05, 4.69) is 10.4 Å². The Balaban J connectivity index is 2.75. The van der Waals surface area contributed by atoms with Crippen LogP contribution in [0, 0.1) is 0 Å². The highest BCUT2D eigenvalue weighted by Crippen LogP contribution is 2.14. The summed E-state index contributed by atoms with van der Waals surface area (Å²) in [5.41, 5.74) is 0.764. The Morgan fingerprint density at radius 1 is 1.17 bits per heavy atom. The molecule has 0 atom stereocenters. The molecule has 0 aliphatic rings. The minimum Gasteiger partial charge on any atom is -0.466 e. The zero-order valence-corrected chi connectivity index (χ0v) is 13.9. The molecule has 1 rings (SSSR count). The molecule has 23 heavy (non-hydrogen) atoms. The first kappa shape index (κ1) is 18.6. The molecule has 0 spiro atoms. The highest BCUT2D eigenvalue weighted by atomic mass is 32.2. The van der Waals surface area contributed by atoms with Gasteiger partial charge in [0.05, 0.1) is 17.9 Å². The van der Waals surface area contributed by atoms with Crippen molar-refractivity contribution in [3.63, 3.8) is 0 Å². The normalized spacial score (nSPS) is 11.7. The van der Waals surface area contributed by atoms with Gasteiger partial charge in [-0.25, -0.2) is 4.83 Å². The van der Waals surface area contributed by atoms with Gasteiger partial charge in [0.1, 0.15) is 0 Å². The number of amides is 1. The van der Waals surface area contributed by atoms with Crippen LogP contribution in [0.5, 0.6) is 0 Å². The Labute approximate surface area is 135 Å². The molecule has 0 saturated carbocycles. The van der Waals surface area contributed by atoms with E-state index in [1.54, 1.807) is 6.92 Å². The van der Waals surface area contributed by atoms with E-state index >= 15 is 0 Å². The van der Waals surface area contributed by atoms with E-state index in [0.717, 1.165) is 0 Å². The summed E-state index contributed by atoms with van der Waals surface area (Å²) in [5, 5.41) is 6.21. The number of sulfonamides is 1. The summed E-state index contributed by atoms with van der Waals surface area (Å²) < 4.78 is 28.9. The first-order valence-corrected chi connectivity index (χ1v) is 8.31. The van der Waals surface area contributed by atoms with Crippen LogP contribution in [0.4, 0.5) is 5.69 Å². The van der Waals surface area contributed by atoms with Gasteiger partial charge >= 0.3 is 5.97 Å². The molecule has 2 N–H and O–H groups in total. The average molecular weight is 341 g/mol. The monoisotopic (exact) mass is 341 g/mol. The van der Waals surface area contributed by atoms with Crippen LogP contribution in [0.3, 0.4) is 0 Å². The van der Waals surface area contributed by atoms with Crippen molar-refractivity contribution in [1.82, 2.24) is 4.83 Å². The van der Waals surface area contributed by atoms with Crippen molar-refractivity contribution in [2.75, 3.05) is 11.9 Å². The maximum Gasteiger partial charge on any atom is 0.311 e. The first-order valence-electron chi connectivity index (χ1n) is 6.83. The lowest BCUT2D eigenvalue weighted by atomic mass is 10.3. The van der Waals surface area contributed by atoms with E-state index < -0.39 is 16.0 Å². The fraction of sp³-hybridized carbons (Fsp3) is 0.357. The van der Waals surface area contributed by atoms with E-state index in [1.165, 1.54) is 38.1 Å². The Kier molecular flexibility index (Phi) is 6.70. The van der Waals surface area contributed by atoms with Crippen LogP contribution in [0.15, 0.2) is 34.3 Å². The number of rotatable bonds is 7. The lowest BCUT2D eigenvalue weighted by molar-refractivity contribution is -0.141. The van der Waals surface area contributed by atoms with Crippen molar-refractivity contribution < 1.29 is 22.7 Å². The topological polar surface area (TPSA) is 114 Å². The van der Waals surface area contributed by atoms with Crippen LogP contribution in [0.1, 0.15) is 27.2 Å². The van der Waals surface area contributed by atoms with Gasteiger partial charge in [-0.05, 0) is 38.1 Å². The summed E-state index contributed by atoms with van der Waals surface area (Å²) in [6, 6.07) is 5.60. The summed E-state index contributed by atoms with van der Waals surface area (Å²) in [6.45, 7) is 4.79. The Morgan fingerprint density at radius 3 is 2.30 bits per heavy atom. The minimum atomic E-state index is -3.85. The summed E-state index contributed by atoms with van der Waals surface area (Å²) in [5.74, 6) is -0.731. The second-order valence-electron chi connectivity index (χ2n) is 4.63. The number of nitrogens with zero attached hydrogens (tertiary/aromatic N) is 1. The number of anilines is 1. The second kappa shape index (κ2) is 8.28. The standard InChI is InChI=1S/C14H19N3O5S/c1-4-22-14(19)9-10(2)16-17-23(20,21)13-7-5-12(6-8-13)15-11(3)18/h5-8,17H,4,9H2,1-3H3,(H,15,18)/b16-10+. The summed E-state index contributed by atoms with van der Waals surface area (Å²) in [4.78, 5) is 24.2. The van der Waals surface area contributed by atoms with E-state index in [4.69, 9.17) is 4.74 Å². The van der Waals surface area contributed by atoms with Crippen LogP contribution in [-0.4, -0.2) is 32.6 Å². The van der Waals surface area contributed by atoms with Crippen molar-refractivity contribution in [2.24, 2.45) is 5.10 Å². The molecule has 0 aromatic heterocycles. The number of hydrazone groups is 1. The minimum absolute atomic E-state index is 0.0145. The van der Waals surface area contributed by atoms with Gasteiger partial charge < -0.3 is 10.1 Å². The molecule has 0 aliphatic heterocycles. The molecule has 1 amide bonds. The van der Waals surface area contributed by atoms with Gasteiger partial charge in [-0.2, -0.15) is 13.5 Å². The Bertz CT molecular complexity index is 696. The largest absolute Gasteiger partial charge is 0.466 e. The number of carbonyl (C=O) groups is 2. The predicted molar refractivity (Wildman–Crippen MR) is 85.4 cm³/mol. The van der Waals surface area contributed by atoms with E-state index in [1.807, 2.05) is 4.83 Å². The number of hydrogen-bond acceptors (Lipinski definition) is 6. The molecule has 0 saturated heterocycles. The molecular formula is C14H19N3O5S. The third-order valence-corrected chi connectivity index (χ3v) is 3.77. The Hall–Kier alpha value is -2.42. The zero-order valence-electron chi connectivity index (χ0n) is 13.1. The third-order valence-electron chi connectivity index (χ3n) is 2.55. The van der Waals surface area contributed by atoms with Crippen LogP contribution >= 0.6 is 0 Å². The van der Waals surface area contributed by atoms with Crippen molar-refractivity contribution in [2.45, 2.75) is 32.1 Å². The van der Waals surface area contributed by atoms with Crippen molar-refractivity contribution >= 4 is 33.3 Å². The van der Waals surface area contributed by atoms with Gasteiger partial charge in [-0.3, -0.25) is 9.59 Å². The SMILES string of the molecule is CCOC(=O)C/C(C)=N/NS(=O)(=O)c1ccc(NC(C)=O)cc1. The smallest absolute Gasteiger partial charge is 0.311 e. The second-order valence-corrected chi connectivity index (χ2v) is 6.29. The van der Waals surface area contributed by atoms with E-state index in [-0.39, 0.29) is 29.5 Å². The number of carbonyl (C=O) groups excluding carboxylic acids is 2. The lowest BCUT2D eigenvalue weighted by Crippen LogP contribution is -2.21. The molecule has 1 aromatic carbocycles. The average Bonchev–Trinajstić information content (AvgIpc) is 2.45. The van der Waals surface area contributed by atoms with Crippen LogP contribution in [0.25, 0.3) is 0 Å². The molecule has 0 bridgehead atoms. The molecule has 0 radical (unpaired) electrons. The summed E-state index contributed by atoms with van der Waals surface area (Å²) in [6.07, 6.45) is -0.0994. The summed E-state index contributed by atoms with van der Waals surface area (Å²) >= 11 is 0. The van der Waals surface area contributed by atoms with Gasteiger partial charge in [0.25, 0.3) is 10.0 Å². The predicted octanol–water partition coefficient (Wildman–Crippen LogP) is 1.25. The number of hydrogen-bond donors (Lipinski definition) is 2. The maximum atomic E-state index is 12.1. The fourth-order valence-corrected chi connectivity index (χ4v) is 2.45. The molecule has 0 aliphatic carbocycles. The molecule has 1 aromatic rings. The van der Waals surface area contributed by atoms with Crippen molar-refractivity contribution in [3.05, 3.63) is 24.3 Å². The van der Waals surface area contributed by atoms with E-state index in [9.17, 15) is 18.0 Å². The molecule has 0 fully saturated rings. The molecular weight excluding hydrogens is 322 g/mol. The zero-order chi connectivity index (χ0) is 17.5. The van der Waals surface area contributed by atoms with Crippen LogP contribution in [0.2, 0.25) is 0 Å². The highest BCUT2D eigenvalue weighted by Gasteiger charge is 2.13. The van der Waals surface area contributed by atoms with Gasteiger partial charge in [0.15, 0.2) is 0 Å². The molecule has 8 nitrogen and oxygen atoms in total. The number of esters is 1. The van der Waals surface area contributed by atoms with Crippen molar-refractivity contribution in [1.29, 1.82) is 0 Å². The lowest BCUT2D eigenvalue weighted by Gasteiger charge is -2.07. The van der Waals surface area contributed by atoms with Crippen LogP contribution < -0.4 is 10.1 Å². The van der Waals surface area contributed by atoms with E-state index in [0.29, 0.717) is 5.69 Å². The quantitative estimate of drug-likeness (QED) is 0.440. The fourth-order valence-electron chi connectivity index (χ4n) is 1.57. The van der Waals surface area contributed by atoms with Crippen LogP contribution in [-0.2, 0) is 24.3 Å². The third kappa shape index (κ3) is 6.47. The van der Waals surface area contributed by atoms with Gasteiger partial charge in [-0.1, -0.05) is 0 Å². The number of benzene rings is 1. The number of ether oxygens (including phenoxy) is 1. The molecule has 126 valence electrons.